The van der Waals surface area contributed by atoms with E-state index in [0.29, 0.717) is 41.7 Å². The lowest BCUT2D eigenvalue weighted by Crippen LogP contribution is -2.34. The number of rotatable bonds is 16. The van der Waals surface area contributed by atoms with E-state index in [4.69, 9.17) is 9.47 Å². The Labute approximate surface area is 281 Å². The Morgan fingerprint density at radius 3 is 2.13 bits per heavy atom. The first kappa shape index (κ1) is 36.5. The fourth-order valence-electron chi connectivity index (χ4n) is 6.82. The molecule has 1 fully saturated rings. The largest absolute Gasteiger partial charge is 0.494 e. The summed E-state index contributed by atoms with van der Waals surface area (Å²) in [6, 6.07) is 20.2. The molecule has 3 aromatic carbocycles. The molecule has 1 N–H and O–H groups in total. The van der Waals surface area contributed by atoms with E-state index in [9.17, 15) is 9.90 Å². The molecule has 1 aliphatic rings. The van der Waals surface area contributed by atoms with Crippen LogP contribution < -0.4 is 4.74 Å². The minimum atomic E-state index is -1.28. The SMILES string of the molecule is C=C(C)C(=O)OCC(CO)CCCOc1ccc(-c2ccc(-c3ccc(C4CCC([Si](C)(C)CCCC)CC4)c(F)c3F)cc2)cc1. The van der Waals surface area contributed by atoms with Gasteiger partial charge in [-0.2, -0.15) is 0 Å². The molecule has 1 aliphatic carbocycles. The smallest absolute Gasteiger partial charge is 0.333 e. The number of carbonyl (C=O) groups excluding carboxylic acids is 1. The van der Waals surface area contributed by atoms with Gasteiger partial charge in [0.15, 0.2) is 11.6 Å². The van der Waals surface area contributed by atoms with Crippen molar-refractivity contribution in [2.75, 3.05) is 19.8 Å². The van der Waals surface area contributed by atoms with Gasteiger partial charge in [0, 0.05) is 23.7 Å². The lowest BCUT2D eigenvalue weighted by Gasteiger charge is -2.38. The number of aliphatic hydroxyl groups excluding tert-OH is 1. The summed E-state index contributed by atoms with van der Waals surface area (Å²) in [5, 5.41) is 9.56. The van der Waals surface area contributed by atoms with Crippen molar-refractivity contribution in [3.63, 3.8) is 0 Å². The fraction of sp³-hybridized carbons (Fsp3) is 0.475. The third kappa shape index (κ3) is 9.86. The number of esters is 1. The molecule has 254 valence electrons. The van der Waals surface area contributed by atoms with Gasteiger partial charge < -0.3 is 14.6 Å². The van der Waals surface area contributed by atoms with E-state index in [0.717, 1.165) is 48.1 Å². The van der Waals surface area contributed by atoms with Crippen LogP contribution >= 0.6 is 0 Å². The van der Waals surface area contributed by atoms with Crippen LogP contribution in [-0.4, -0.2) is 39.0 Å². The van der Waals surface area contributed by atoms with Crippen molar-refractivity contribution in [1.82, 2.24) is 0 Å². The second kappa shape index (κ2) is 17.2. The molecular weight excluding hydrogens is 611 g/mol. The van der Waals surface area contributed by atoms with Crippen molar-refractivity contribution in [3.05, 3.63) is 90.0 Å². The second-order valence-electron chi connectivity index (χ2n) is 14.0. The van der Waals surface area contributed by atoms with Gasteiger partial charge >= 0.3 is 5.97 Å². The van der Waals surface area contributed by atoms with Crippen molar-refractivity contribution < 1.29 is 28.2 Å². The molecule has 1 saturated carbocycles. The Balaban J connectivity index is 1.30. The molecule has 4 rings (SSSR count). The molecule has 0 saturated heterocycles. The lowest BCUT2D eigenvalue weighted by atomic mass is 9.83. The summed E-state index contributed by atoms with van der Waals surface area (Å²) in [6.07, 6.45) is 8.07. The zero-order chi connectivity index (χ0) is 34.0. The van der Waals surface area contributed by atoms with Crippen LogP contribution in [0.3, 0.4) is 0 Å². The Kier molecular flexibility index (Phi) is 13.4. The third-order valence-corrected chi connectivity index (χ3v) is 14.5. The van der Waals surface area contributed by atoms with Crippen LogP contribution in [0.1, 0.15) is 76.7 Å². The molecule has 0 amide bonds. The van der Waals surface area contributed by atoms with Crippen molar-refractivity contribution >= 4 is 14.0 Å². The summed E-state index contributed by atoms with van der Waals surface area (Å²) in [5.74, 6) is -1.21. The van der Waals surface area contributed by atoms with Crippen LogP contribution in [0.5, 0.6) is 5.75 Å². The molecule has 0 aliphatic heterocycles. The number of aliphatic hydroxyl groups is 1. The zero-order valence-electron chi connectivity index (χ0n) is 28.6. The van der Waals surface area contributed by atoms with E-state index in [2.05, 4.69) is 26.6 Å². The first-order valence-corrected chi connectivity index (χ1v) is 20.6. The number of benzene rings is 3. The van der Waals surface area contributed by atoms with Crippen LogP contribution in [0.25, 0.3) is 22.3 Å². The van der Waals surface area contributed by atoms with Gasteiger partial charge in [0.05, 0.1) is 21.3 Å². The van der Waals surface area contributed by atoms with Gasteiger partial charge in [0.25, 0.3) is 0 Å². The first-order valence-electron chi connectivity index (χ1n) is 17.3. The highest BCUT2D eigenvalue weighted by Gasteiger charge is 2.35. The van der Waals surface area contributed by atoms with Gasteiger partial charge in [-0.1, -0.05) is 107 Å². The van der Waals surface area contributed by atoms with E-state index < -0.39 is 25.7 Å². The standard InChI is InChI=1S/C40H52F2O4Si/c1-6-7-25-47(4,5)35-20-16-33(17-21-35)37-23-22-36(38(41)39(37)42)32-12-10-30(11-13-32)31-14-18-34(19-15-31)45-24-8-9-29(26-43)27-46-40(44)28(2)3/h10-15,18-19,22-23,29,33,35,43H,2,6-9,16-17,20-21,24-27H2,1,3-5H3. The van der Waals surface area contributed by atoms with Gasteiger partial charge in [0.2, 0.25) is 0 Å². The highest BCUT2D eigenvalue weighted by molar-refractivity contribution is 6.78. The molecule has 0 heterocycles. The molecule has 47 heavy (non-hydrogen) atoms. The van der Waals surface area contributed by atoms with Crippen molar-refractivity contribution in [2.45, 2.75) is 95.8 Å². The predicted octanol–water partition coefficient (Wildman–Crippen LogP) is 10.7. The van der Waals surface area contributed by atoms with E-state index in [1.54, 1.807) is 13.0 Å². The van der Waals surface area contributed by atoms with Crippen molar-refractivity contribution in [3.8, 4) is 28.0 Å². The summed E-state index contributed by atoms with van der Waals surface area (Å²) in [7, 11) is -1.28. The highest BCUT2D eigenvalue weighted by atomic mass is 28.3. The molecule has 3 aromatic rings. The Morgan fingerprint density at radius 1 is 0.915 bits per heavy atom. The van der Waals surface area contributed by atoms with Crippen LogP contribution in [0.4, 0.5) is 8.78 Å². The van der Waals surface area contributed by atoms with Gasteiger partial charge in [-0.05, 0) is 78.5 Å². The lowest BCUT2D eigenvalue weighted by molar-refractivity contribution is -0.140. The van der Waals surface area contributed by atoms with Crippen LogP contribution in [0.15, 0.2) is 72.8 Å². The first-order chi connectivity index (χ1) is 22.5. The monoisotopic (exact) mass is 662 g/mol. The summed E-state index contributed by atoms with van der Waals surface area (Å²) in [5.41, 5.74) is 4.55. The Morgan fingerprint density at radius 2 is 1.53 bits per heavy atom. The topological polar surface area (TPSA) is 55.8 Å². The summed E-state index contributed by atoms with van der Waals surface area (Å²) < 4.78 is 41.9. The molecule has 4 nitrogen and oxygen atoms in total. The summed E-state index contributed by atoms with van der Waals surface area (Å²) in [4.78, 5) is 11.6. The fourth-order valence-corrected chi connectivity index (χ4v) is 10.4. The molecule has 1 unspecified atom stereocenters. The molecule has 0 bridgehead atoms. The number of hydrogen-bond donors (Lipinski definition) is 1. The van der Waals surface area contributed by atoms with Crippen molar-refractivity contribution in [2.24, 2.45) is 5.92 Å². The maximum Gasteiger partial charge on any atom is 0.333 e. The van der Waals surface area contributed by atoms with E-state index in [1.807, 2.05) is 54.6 Å². The second-order valence-corrected chi connectivity index (χ2v) is 19.3. The molecule has 0 aromatic heterocycles. The van der Waals surface area contributed by atoms with E-state index in [-0.39, 0.29) is 25.0 Å². The highest BCUT2D eigenvalue weighted by Crippen LogP contribution is 2.46. The molecule has 7 heteroatoms. The molecule has 0 spiro atoms. The number of halogens is 2. The Hall–Kier alpha value is -3.29. The minimum absolute atomic E-state index is 0.0657. The maximum absolute atomic E-state index is 15.5. The van der Waals surface area contributed by atoms with Gasteiger partial charge in [-0.3, -0.25) is 0 Å². The van der Waals surface area contributed by atoms with Gasteiger partial charge in [-0.25, -0.2) is 13.6 Å². The van der Waals surface area contributed by atoms with Crippen LogP contribution in [0.2, 0.25) is 24.7 Å². The van der Waals surface area contributed by atoms with Crippen molar-refractivity contribution in [1.29, 1.82) is 0 Å². The average molecular weight is 663 g/mol. The van der Waals surface area contributed by atoms with E-state index >= 15 is 8.78 Å². The van der Waals surface area contributed by atoms with Crippen LogP contribution in [0, 0.1) is 17.6 Å². The zero-order valence-corrected chi connectivity index (χ0v) is 29.6. The summed E-state index contributed by atoms with van der Waals surface area (Å²) in [6.45, 7) is 13.0. The van der Waals surface area contributed by atoms with Gasteiger partial charge in [0.1, 0.15) is 5.75 Å². The third-order valence-electron chi connectivity index (χ3n) is 10.0. The number of ether oxygens (including phenoxy) is 2. The predicted molar refractivity (Wildman–Crippen MR) is 190 cm³/mol. The number of unbranched alkanes of at least 4 members (excludes halogenated alkanes) is 1. The molecular formula is C40H52F2O4Si. The normalized spacial score (nSPS) is 17.3. The molecule has 1 atom stereocenters. The number of carbonyl (C=O) groups is 1. The van der Waals surface area contributed by atoms with Crippen LogP contribution in [-0.2, 0) is 9.53 Å². The quantitative estimate of drug-likeness (QED) is 0.0718. The number of hydrogen-bond acceptors (Lipinski definition) is 4. The Bertz CT molecular complexity index is 1460. The summed E-state index contributed by atoms with van der Waals surface area (Å²) >= 11 is 0. The average Bonchev–Trinajstić information content (AvgIpc) is 3.08. The van der Waals surface area contributed by atoms with E-state index in [1.165, 1.54) is 18.9 Å². The molecule has 0 radical (unpaired) electrons. The minimum Gasteiger partial charge on any atom is -0.494 e. The van der Waals surface area contributed by atoms with Gasteiger partial charge in [-0.15, -0.1) is 0 Å². The maximum atomic E-state index is 15.5.